The maximum Gasteiger partial charge on any atom is 0.304 e. The molecule has 15 heavy (non-hydrogen) atoms. The molecule has 0 saturated carbocycles. The van der Waals surface area contributed by atoms with Gasteiger partial charge in [-0.3, -0.25) is 4.79 Å². The molecule has 0 aromatic rings. The van der Waals surface area contributed by atoms with Gasteiger partial charge in [-0.25, -0.2) is 8.42 Å². The Morgan fingerprint density at radius 2 is 1.73 bits per heavy atom. The summed E-state index contributed by atoms with van der Waals surface area (Å²) in [6.45, 7) is 5.36. The number of hydrogen-bond acceptors (Lipinski definition) is 3. The van der Waals surface area contributed by atoms with E-state index in [0.29, 0.717) is 0 Å². The minimum atomic E-state index is -3.26. The lowest BCUT2D eigenvalue weighted by molar-refractivity contribution is -0.136. The van der Waals surface area contributed by atoms with Crippen molar-refractivity contribution in [3.05, 3.63) is 0 Å². The molecule has 4 nitrogen and oxygen atoms in total. The Hall–Kier alpha value is -0.580. The number of hydrogen-bond donors (Lipinski definition) is 1. The van der Waals surface area contributed by atoms with Crippen molar-refractivity contribution < 1.29 is 18.3 Å². The lowest BCUT2D eigenvalue weighted by Crippen LogP contribution is -2.27. The molecule has 0 fully saturated rings. The summed E-state index contributed by atoms with van der Waals surface area (Å²) in [4.78, 5) is 10.4. The number of carbonyl (C=O) groups is 1. The van der Waals surface area contributed by atoms with Gasteiger partial charge in [0.05, 0.1) is 17.4 Å². The second kappa shape index (κ2) is 6.10. The maximum absolute atomic E-state index is 11.7. The van der Waals surface area contributed by atoms with Gasteiger partial charge in [0, 0.05) is 0 Å². The van der Waals surface area contributed by atoms with Crippen molar-refractivity contribution in [3.63, 3.8) is 0 Å². The van der Waals surface area contributed by atoms with E-state index in [0.717, 1.165) is 12.8 Å². The minimum Gasteiger partial charge on any atom is -0.481 e. The van der Waals surface area contributed by atoms with Gasteiger partial charge in [-0.15, -0.1) is 0 Å². The van der Waals surface area contributed by atoms with E-state index in [9.17, 15) is 13.2 Å². The van der Waals surface area contributed by atoms with Gasteiger partial charge >= 0.3 is 5.97 Å². The number of carboxylic acids is 1. The molecule has 0 saturated heterocycles. The summed E-state index contributed by atoms with van der Waals surface area (Å²) in [7, 11) is -3.26. The molecule has 0 aliphatic rings. The van der Waals surface area contributed by atoms with Gasteiger partial charge < -0.3 is 5.11 Å². The highest BCUT2D eigenvalue weighted by Crippen LogP contribution is 2.16. The van der Waals surface area contributed by atoms with Gasteiger partial charge in [0.15, 0.2) is 9.84 Å². The Morgan fingerprint density at radius 1 is 1.27 bits per heavy atom. The maximum atomic E-state index is 11.7. The Balaban J connectivity index is 4.47. The Labute approximate surface area is 91.6 Å². The molecule has 0 heterocycles. The highest BCUT2D eigenvalue weighted by molar-refractivity contribution is 7.92. The molecule has 0 bridgehead atoms. The first-order valence-corrected chi connectivity index (χ1v) is 6.98. The molecule has 1 unspecified atom stereocenters. The van der Waals surface area contributed by atoms with Crippen LogP contribution in [-0.2, 0) is 14.6 Å². The molecule has 1 N–H and O–H groups in total. The summed E-state index contributed by atoms with van der Waals surface area (Å²) in [5, 5.41) is 7.75. The average Bonchev–Trinajstić information content (AvgIpc) is 2.13. The van der Waals surface area contributed by atoms with Crippen LogP contribution in [0.5, 0.6) is 0 Å². The smallest absolute Gasteiger partial charge is 0.304 e. The van der Waals surface area contributed by atoms with E-state index in [-0.39, 0.29) is 18.1 Å². The highest BCUT2D eigenvalue weighted by atomic mass is 32.2. The second-order valence-corrected chi connectivity index (χ2v) is 6.38. The standard InChI is InChI=1S/C10H20O4S/c1-4-9(5-2)7-15(13,14)8(3)6-10(11)12/h8-9H,4-7H2,1-3H3,(H,11,12). The summed E-state index contributed by atoms with van der Waals surface area (Å²) >= 11 is 0. The molecule has 0 aliphatic carbocycles. The lowest BCUT2D eigenvalue weighted by Gasteiger charge is -2.16. The SMILES string of the molecule is CCC(CC)CS(=O)(=O)C(C)CC(=O)O. The topological polar surface area (TPSA) is 71.4 Å². The first kappa shape index (κ1) is 14.4. The predicted molar refractivity (Wildman–Crippen MR) is 59.6 cm³/mol. The molecule has 0 aliphatic heterocycles. The first-order valence-electron chi connectivity index (χ1n) is 5.26. The molecule has 5 heteroatoms. The summed E-state index contributed by atoms with van der Waals surface area (Å²) in [5.74, 6) is -0.809. The van der Waals surface area contributed by atoms with Crippen molar-refractivity contribution in [2.45, 2.75) is 45.3 Å². The predicted octanol–water partition coefficient (Wildman–Crippen LogP) is 1.70. The van der Waals surface area contributed by atoms with E-state index in [1.54, 1.807) is 0 Å². The summed E-state index contributed by atoms with van der Waals surface area (Å²) in [6, 6.07) is 0. The van der Waals surface area contributed by atoms with E-state index in [2.05, 4.69) is 0 Å². The van der Waals surface area contributed by atoms with Crippen LogP contribution >= 0.6 is 0 Å². The third kappa shape index (κ3) is 5.16. The zero-order valence-corrected chi connectivity index (χ0v) is 10.4. The largest absolute Gasteiger partial charge is 0.481 e. The van der Waals surface area contributed by atoms with Gasteiger partial charge in [-0.05, 0) is 12.8 Å². The monoisotopic (exact) mass is 236 g/mol. The van der Waals surface area contributed by atoms with Gasteiger partial charge in [-0.1, -0.05) is 26.7 Å². The van der Waals surface area contributed by atoms with Crippen LogP contribution in [0.25, 0.3) is 0 Å². The Morgan fingerprint density at radius 3 is 2.07 bits per heavy atom. The van der Waals surface area contributed by atoms with Crippen LogP contribution in [0.15, 0.2) is 0 Å². The van der Waals surface area contributed by atoms with Crippen LogP contribution in [0, 0.1) is 5.92 Å². The van der Waals surface area contributed by atoms with Crippen molar-refractivity contribution in [1.29, 1.82) is 0 Å². The van der Waals surface area contributed by atoms with E-state index in [1.165, 1.54) is 6.92 Å². The third-order valence-electron chi connectivity index (χ3n) is 2.70. The van der Waals surface area contributed by atoms with Crippen LogP contribution in [0.4, 0.5) is 0 Å². The van der Waals surface area contributed by atoms with Crippen LogP contribution in [-0.4, -0.2) is 30.5 Å². The number of aliphatic carboxylic acids is 1. The van der Waals surface area contributed by atoms with E-state index < -0.39 is 21.1 Å². The summed E-state index contributed by atoms with van der Waals surface area (Å²) in [5.41, 5.74) is 0. The molecule has 0 radical (unpaired) electrons. The molecule has 0 rings (SSSR count). The van der Waals surface area contributed by atoms with E-state index in [1.807, 2.05) is 13.8 Å². The van der Waals surface area contributed by atoms with E-state index in [4.69, 9.17) is 5.11 Å². The van der Waals surface area contributed by atoms with Crippen molar-refractivity contribution in [2.24, 2.45) is 5.92 Å². The van der Waals surface area contributed by atoms with Gasteiger partial charge in [0.1, 0.15) is 0 Å². The van der Waals surface area contributed by atoms with Crippen LogP contribution < -0.4 is 0 Å². The fraction of sp³-hybridized carbons (Fsp3) is 0.900. The van der Waals surface area contributed by atoms with Gasteiger partial charge in [-0.2, -0.15) is 0 Å². The lowest BCUT2D eigenvalue weighted by atomic mass is 10.1. The quantitative estimate of drug-likeness (QED) is 0.730. The first-order chi connectivity index (χ1) is 6.83. The summed E-state index contributed by atoms with van der Waals surface area (Å²) in [6.07, 6.45) is 1.33. The average molecular weight is 236 g/mol. The zero-order valence-electron chi connectivity index (χ0n) is 9.56. The molecule has 1 atom stereocenters. The highest BCUT2D eigenvalue weighted by Gasteiger charge is 2.25. The third-order valence-corrected chi connectivity index (χ3v) is 5.03. The molecule has 0 amide bonds. The molecular formula is C10H20O4S. The van der Waals surface area contributed by atoms with Crippen molar-refractivity contribution in [2.75, 3.05) is 5.75 Å². The fourth-order valence-electron chi connectivity index (χ4n) is 1.39. The van der Waals surface area contributed by atoms with Crippen molar-refractivity contribution in [3.8, 4) is 0 Å². The normalized spacial score (nSPS) is 14.1. The molecule has 0 spiro atoms. The second-order valence-electron chi connectivity index (χ2n) is 3.92. The van der Waals surface area contributed by atoms with Gasteiger partial charge in [0.2, 0.25) is 0 Å². The zero-order chi connectivity index (χ0) is 12.1. The van der Waals surface area contributed by atoms with Crippen LogP contribution in [0.1, 0.15) is 40.0 Å². The van der Waals surface area contributed by atoms with Gasteiger partial charge in [0.25, 0.3) is 0 Å². The van der Waals surface area contributed by atoms with E-state index >= 15 is 0 Å². The van der Waals surface area contributed by atoms with Crippen LogP contribution in [0.2, 0.25) is 0 Å². The molecule has 0 aromatic heterocycles. The number of carboxylic acid groups (broad SMARTS) is 1. The van der Waals surface area contributed by atoms with Crippen molar-refractivity contribution >= 4 is 15.8 Å². The van der Waals surface area contributed by atoms with Crippen LogP contribution in [0.3, 0.4) is 0 Å². The molecular weight excluding hydrogens is 216 g/mol. The Kier molecular flexibility index (Phi) is 5.87. The minimum absolute atomic E-state index is 0.106. The number of sulfone groups is 1. The molecule has 90 valence electrons. The fourth-order valence-corrected chi connectivity index (χ4v) is 3.24. The van der Waals surface area contributed by atoms with Crippen molar-refractivity contribution in [1.82, 2.24) is 0 Å². The molecule has 0 aromatic carbocycles. The summed E-state index contributed by atoms with van der Waals surface area (Å²) < 4.78 is 23.5. The Bertz CT molecular complexity index is 291. The number of rotatable bonds is 7.